The third-order valence-corrected chi connectivity index (χ3v) is 5.75. The Bertz CT molecular complexity index is 844. The number of hydrogen-bond donors (Lipinski definition) is 2. The van der Waals surface area contributed by atoms with Crippen molar-refractivity contribution >= 4 is 11.8 Å². The second-order valence-corrected chi connectivity index (χ2v) is 8.38. The summed E-state index contributed by atoms with van der Waals surface area (Å²) in [6.07, 6.45) is 1.94. The summed E-state index contributed by atoms with van der Waals surface area (Å²) < 4.78 is 5.16. The van der Waals surface area contributed by atoms with Gasteiger partial charge in [0.15, 0.2) is 0 Å². The molecule has 0 radical (unpaired) electrons. The van der Waals surface area contributed by atoms with Crippen LogP contribution in [-0.2, 0) is 4.79 Å². The number of carbonyl (C=O) groups is 2. The van der Waals surface area contributed by atoms with Crippen LogP contribution in [-0.4, -0.2) is 49.5 Å². The minimum atomic E-state index is -0.707. The number of carbonyl (C=O) groups excluding carboxylic acids is 2. The van der Waals surface area contributed by atoms with E-state index in [9.17, 15) is 9.59 Å². The first-order valence-electron chi connectivity index (χ1n) is 11.0. The SMILES string of the molecule is COc1ccc(C(=O)NC(C(=O)N2CCC(CNC(C)C)CC2)c2ccccc2)cc1. The van der Waals surface area contributed by atoms with Crippen molar-refractivity contribution in [3.8, 4) is 5.75 Å². The van der Waals surface area contributed by atoms with Crippen molar-refractivity contribution in [1.82, 2.24) is 15.5 Å². The summed E-state index contributed by atoms with van der Waals surface area (Å²) in [6, 6.07) is 16.1. The van der Waals surface area contributed by atoms with E-state index in [4.69, 9.17) is 4.74 Å². The van der Waals surface area contributed by atoms with Gasteiger partial charge < -0.3 is 20.3 Å². The highest BCUT2D eigenvalue weighted by Gasteiger charge is 2.30. The number of nitrogens with zero attached hydrogens (tertiary/aromatic N) is 1. The van der Waals surface area contributed by atoms with Crippen molar-refractivity contribution in [3.63, 3.8) is 0 Å². The topological polar surface area (TPSA) is 70.7 Å². The van der Waals surface area contributed by atoms with Crippen LogP contribution in [0.2, 0.25) is 0 Å². The molecule has 0 aliphatic carbocycles. The molecule has 1 atom stereocenters. The average molecular weight is 424 g/mol. The minimum Gasteiger partial charge on any atom is -0.497 e. The standard InChI is InChI=1S/C25H33N3O3/c1-18(2)26-17-19-13-15-28(16-14-19)25(30)23(20-7-5-4-6-8-20)27-24(29)21-9-11-22(31-3)12-10-21/h4-12,18-19,23,26H,13-17H2,1-3H3,(H,27,29). The lowest BCUT2D eigenvalue weighted by Crippen LogP contribution is -2.47. The number of nitrogens with one attached hydrogen (secondary N) is 2. The highest BCUT2D eigenvalue weighted by Crippen LogP contribution is 2.23. The lowest BCUT2D eigenvalue weighted by molar-refractivity contribution is -0.134. The summed E-state index contributed by atoms with van der Waals surface area (Å²) in [5.74, 6) is 0.932. The lowest BCUT2D eigenvalue weighted by Gasteiger charge is -2.35. The second-order valence-electron chi connectivity index (χ2n) is 8.38. The average Bonchev–Trinajstić information content (AvgIpc) is 2.81. The summed E-state index contributed by atoms with van der Waals surface area (Å²) in [4.78, 5) is 28.2. The maximum atomic E-state index is 13.4. The quantitative estimate of drug-likeness (QED) is 0.683. The Balaban J connectivity index is 1.69. The van der Waals surface area contributed by atoms with Crippen LogP contribution in [0.1, 0.15) is 48.7 Å². The number of hydrogen-bond acceptors (Lipinski definition) is 4. The minimum absolute atomic E-state index is 0.0525. The number of benzene rings is 2. The van der Waals surface area contributed by atoms with Gasteiger partial charge in [0.25, 0.3) is 5.91 Å². The zero-order valence-electron chi connectivity index (χ0n) is 18.6. The molecule has 0 spiro atoms. The Kier molecular flexibility index (Phi) is 8.06. The zero-order chi connectivity index (χ0) is 22.2. The Morgan fingerprint density at radius 3 is 2.26 bits per heavy atom. The van der Waals surface area contributed by atoms with Crippen molar-refractivity contribution in [2.24, 2.45) is 5.92 Å². The molecule has 2 aromatic rings. The van der Waals surface area contributed by atoms with Crippen LogP contribution in [0.25, 0.3) is 0 Å². The molecular weight excluding hydrogens is 390 g/mol. The summed E-state index contributed by atoms with van der Waals surface area (Å²) in [5.41, 5.74) is 1.28. The summed E-state index contributed by atoms with van der Waals surface area (Å²) in [7, 11) is 1.58. The first-order valence-corrected chi connectivity index (χ1v) is 11.0. The van der Waals surface area contributed by atoms with Gasteiger partial charge in [0.05, 0.1) is 7.11 Å². The zero-order valence-corrected chi connectivity index (χ0v) is 18.6. The molecule has 0 saturated carbocycles. The van der Waals surface area contributed by atoms with Crippen molar-refractivity contribution in [3.05, 3.63) is 65.7 Å². The molecule has 1 saturated heterocycles. The maximum Gasteiger partial charge on any atom is 0.252 e. The van der Waals surface area contributed by atoms with E-state index in [0.717, 1.165) is 24.9 Å². The van der Waals surface area contributed by atoms with Crippen molar-refractivity contribution in [2.75, 3.05) is 26.7 Å². The van der Waals surface area contributed by atoms with Gasteiger partial charge in [0, 0.05) is 24.7 Å². The van der Waals surface area contributed by atoms with Crippen LogP contribution >= 0.6 is 0 Å². The molecule has 1 fully saturated rings. The first-order chi connectivity index (χ1) is 15.0. The lowest BCUT2D eigenvalue weighted by atomic mass is 9.95. The molecule has 2 N–H and O–H groups in total. The van der Waals surface area contributed by atoms with E-state index < -0.39 is 6.04 Å². The van der Waals surface area contributed by atoms with Gasteiger partial charge in [-0.05, 0) is 55.1 Å². The van der Waals surface area contributed by atoms with Gasteiger partial charge in [0.2, 0.25) is 5.91 Å². The predicted octanol–water partition coefficient (Wildman–Crippen LogP) is 3.40. The van der Waals surface area contributed by atoms with Gasteiger partial charge in [0.1, 0.15) is 11.8 Å². The van der Waals surface area contributed by atoms with Crippen molar-refractivity contribution in [1.29, 1.82) is 0 Å². The van der Waals surface area contributed by atoms with Crippen LogP contribution in [0.15, 0.2) is 54.6 Å². The molecule has 2 aromatic carbocycles. The van der Waals surface area contributed by atoms with E-state index in [1.165, 1.54) is 0 Å². The number of piperidine rings is 1. The summed E-state index contributed by atoms with van der Waals surface area (Å²) >= 11 is 0. The number of methoxy groups -OCH3 is 1. The van der Waals surface area contributed by atoms with E-state index in [-0.39, 0.29) is 11.8 Å². The number of likely N-dealkylation sites (tertiary alicyclic amines) is 1. The maximum absolute atomic E-state index is 13.4. The highest BCUT2D eigenvalue weighted by molar-refractivity contribution is 5.98. The third kappa shape index (κ3) is 6.31. The molecule has 1 aliphatic rings. The Morgan fingerprint density at radius 1 is 1.03 bits per heavy atom. The number of amides is 2. The van der Waals surface area contributed by atoms with Crippen LogP contribution in [0.3, 0.4) is 0 Å². The van der Waals surface area contributed by atoms with Gasteiger partial charge in [-0.1, -0.05) is 44.2 Å². The van der Waals surface area contributed by atoms with Crippen LogP contribution in [0.5, 0.6) is 5.75 Å². The highest BCUT2D eigenvalue weighted by atomic mass is 16.5. The van der Waals surface area contributed by atoms with Gasteiger partial charge in [-0.25, -0.2) is 0 Å². The first kappa shape index (κ1) is 22.8. The molecule has 1 heterocycles. The Hall–Kier alpha value is -2.86. The predicted molar refractivity (Wildman–Crippen MR) is 122 cm³/mol. The van der Waals surface area contributed by atoms with E-state index in [1.807, 2.05) is 35.2 Å². The van der Waals surface area contributed by atoms with Crippen molar-refractivity contribution < 1.29 is 14.3 Å². The molecule has 3 rings (SSSR count). The smallest absolute Gasteiger partial charge is 0.252 e. The summed E-state index contributed by atoms with van der Waals surface area (Å²) in [5, 5.41) is 6.44. The summed E-state index contributed by atoms with van der Waals surface area (Å²) in [6.45, 7) is 6.70. The number of ether oxygens (including phenoxy) is 1. The largest absolute Gasteiger partial charge is 0.497 e. The van der Waals surface area contributed by atoms with E-state index in [1.54, 1.807) is 31.4 Å². The van der Waals surface area contributed by atoms with Gasteiger partial charge in [-0.2, -0.15) is 0 Å². The van der Waals surface area contributed by atoms with Crippen LogP contribution in [0.4, 0.5) is 0 Å². The second kappa shape index (κ2) is 11.0. The fraction of sp³-hybridized carbons (Fsp3) is 0.440. The van der Waals surface area contributed by atoms with Gasteiger partial charge in [-0.15, -0.1) is 0 Å². The molecule has 6 heteroatoms. The van der Waals surface area contributed by atoms with E-state index in [2.05, 4.69) is 24.5 Å². The normalized spacial score (nSPS) is 15.5. The fourth-order valence-corrected chi connectivity index (χ4v) is 3.83. The Labute approximate surface area is 185 Å². The molecule has 166 valence electrons. The van der Waals surface area contributed by atoms with Crippen LogP contribution in [0, 0.1) is 5.92 Å². The molecule has 1 aliphatic heterocycles. The molecular formula is C25H33N3O3. The Morgan fingerprint density at radius 2 is 1.68 bits per heavy atom. The fourth-order valence-electron chi connectivity index (χ4n) is 3.83. The molecule has 31 heavy (non-hydrogen) atoms. The molecule has 2 amide bonds. The molecule has 1 unspecified atom stereocenters. The van der Waals surface area contributed by atoms with E-state index >= 15 is 0 Å². The molecule has 0 bridgehead atoms. The van der Waals surface area contributed by atoms with Gasteiger partial charge in [-0.3, -0.25) is 9.59 Å². The third-order valence-electron chi connectivity index (χ3n) is 5.75. The monoisotopic (exact) mass is 423 g/mol. The molecule has 0 aromatic heterocycles. The van der Waals surface area contributed by atoms with E-state index in [0.29, 0.717) is 36.4 Å². The van der Waals surface area contributed by atoms with Crippen molar-refractivity contribution in [2.45, 2.75) is 38.8 Å². The van der Waals surface area contributed by atoms with Crippen LogP contribution < -0.4 is 15.4 Å². The molecule has 6 nitrogen and oxygen atoms in total. The number of rotatable bonds is 8. The van der Waals surface area contributed by atoms with Gasteiger partial charge >= 0.3 is 0 Å².